The molecule has 0 spiro atoms. The van der Waals surface area contributed by atoms with Crippen molar-refractivity contribution in [2.24, 2.45) is 11.8 Å². The predicted molar refractivity (Wildman–Crippen MR) is 62.9 cm³/mol. The van der Waals surface area contributed by atoms with Crippen LogP contribution in [0.25, 0.3) is 0 Å². The third-order valence-corrected chi connectivity index (χ3v) is 3.75. The third-order valence-electron chi connectivity index (χ3n) is 3.41. The van der Waals surface area contributed by atoms with Crippen LogP contribution in [0.15, 0.2) is 24.3 Å². The summed E-state index contributed by atoms with van der Waals surface area (Å²) in [6.07, 6.45) is 3.08. The van der Waals surface area contributed by atoms with Crippen LogP contribution in [0.1, 0.15) is 37.9 Å². The molecule has 0 bridgehead atoms. The van der Waals surface area contributed by atoms with Crippen LogP contribution in [0.4, 0.5) is 0 Å². The highest BCUT2D eigenvalue weighted by Crippen LogP contribution is 2.40. The van der Waals surface area contributed by atoms with Crippen molar-refractivity contribution in [3.05, 3.63) is 34.9 Å². The Morgan fingerprint density at radius 2 is 2.07 bits per heavy atom. The van der Waals surface area contributed by atoms with E-state index in [1.165, 1.54) is 6.42 Å². The molecule has 1 aliphatic carbocycles. The zero-order chi connectivity index (χ0) is 10.8. The summed E-state index contributed by atoms with van der Waals surface area (Å²) in [5.74, 6) is 1.13. The average molecular weight is 225 g/mol. The number of aliphatic hydroxyl groups excluding tert-OH is 1. The summed E-state index contributed by atoms with van der Waals surface area (Å²) >= 11 is 6.07. The van der Waals surface area contributed by atoms with E-state index in [9.17, 15) is 5.11 Å². The van der Waals surface area contributed by atoms with Gasteiger partial charge in [-0.3, -0.25) is 0 Å². The van der Waals surface area contributed by atoms with E-state index in [2.05, 4.69) is 6.92 Å². The van der Waals surface area contributed by atoms with Crippen LogP contribution in [-0.2, 0) is 0 Å². The van der Waals surface area contributed by atoms with Crippen molar-refractivity contribution >= 4 is 11.6 Å². The fourth-order valence-corrected chi connectivity index (χ4v) is 2.75. The Morgan fingerprint density at radius 1 is 1.33 bits per heavy atom. The fraction of sp³-hybridized carbons (Fsp3) is 0.538. The van der Waals surface area contributed by atoms with E-state index in [4.69, 9.17) is 11.6 Å². The number of hydrogen-bond donors (Lipinski definition) is 1. The second-order valence-corrected chi connectivity index (χ2v) is 5.05. The summed E-state index contributed by atoms with van der Waals surface area (Å²) in [6, 6.07) is 7.60. The van der Waals surface area contributed by atoms with Crippen LogP contribution in [0.2, 0.25) is 5.02 Å². The molecule has 0 aromatic heterocycles. The van der Waals surface area contributed by atoms with Gasteiger partial charge in [-0.2, -0.15) is 0 Å². The molecule has 0 aliphatic heterocycles. The largest absolute Gasteiger partial charge is 0.388 e. The quantitative estimate of drug-likeness (QED) is 0.810. The Morgan fingerprint density at radius 3 is 2.67 bits per heavy atom. The molecule has 82 valence electrons. The van der Waals surface area contributed by atoms with Gasteiger partial charge in [-0.1, -0.05) is 43.1 Å². The molecule has 0 saturated heterocycles. The number of aliphatic hydroxyl groups is 1. The van der Waals surface area contributed by atoms with Crippen LogP contribution < -0.4 is 0 Å². The second-order valence-electron chi connectivity index (χ2n) is 4.64. The van der Waals surface area contributed by atoms with Gasteiger partial charge in [0.15, 0.2) is 0 Å². The minimum absolute atomic E-state index is 0.386. The van der Waals surface area contributed by atoms with Gasteiger partial charge in [0.2, 0.25) is 0 Å². The summed E-state index contributed by atoms with van der Waals surface area (Å²) in [5.41, 5.74) is 0.887. The first-order valence-corrected chi connectivity index (χ1v) is 5.98. The third kappa shape index (κ3) is 2.35. The Bertz CT molecular complexity index is 337. The molecular formula is C13H17ClO. The molecule has 3 unspecified atom stereocenters. The number of hydrogen-bond acceptors (Lipinski definition) is 1. The SMILES string of the molecule is CC1CCC(C(O)c2ccccc2Cl)C1. The normalized spacial score (nSPS) is 27.9. The van der Waals surface area contributed by atoms with E-state index in [0.29, 0.717) is 10.9 Å². The van der Waals surface area contributed by atoms with Gasteiger partial charge < -0.3 is 5.11 Å². The highest BCUT2D eigenvalue weighted by Gasteiger charge is 2.29. The van der Waals surface area contributed by atoms with E-state index in [-0.39, 0.29) is 6.10 Å². The van der Waals surface area contributed by atoms with E-state index in [1.54, 1.807) is 0 Å². The lowest BCUT2D eigenvalue weighted by atomic mass is 9.93. The summed E-state index contributed by atoms with van der Waals surface area (Å²) < 4.78 is 0. The first kappa shape index (κ1) is 11.0. The predicted octanol–water partition coefficient (Wildman–Crippen LogP) is 3.81. The van der Waals surface area contributed by atoms with Crippen LogP contribution in [-0.4, -0.2) is 5.11 Å². The first-order chi connectivity index (χ1) is 7.18. The van der Waals surface area contributed by atoms with Gasteiger partial charge in [-0.05, 0) is 36.3 Å². The van der Waals surface area contributed by atoms with Crippen molar-refractivity contribution in [3.8, 4) is 0 Å². The summed E-state index contributed by atoms with van der Waals surface area (Å²) in [4.78, 5) is 0. The monoisotopic (exact) mass is 224 g/mol. The molecule has 3 atom stereocenters. The fourth-order valence-electron chi connectivity index (χ4n) is 2.51. The maximum absolute atomic E-state index is 10.2. The van der Waals surface area contributed by atoms with Crippen molar-refractivity contribution in [3.63, 3.8) is 0 Å². The summed E-state index contributed by atoms with van der Waals surface area (Å²) in [6.45, 7) is 2.25. The molecule has 2 heteroatoms. The molecule has 0 radical (unpaired) electrons. The van der Waals surface area contributed by atoms with Crippen LogP contribution >= 0.6 is 11.6 Å². The number of rotatable bonds is 2. The van der Waals surface area contributed by atoms with Gasteiger partial charge in [0.05, 0.1) is 6.10 Å². The van der Waals surface area contributed by atoms with Gasteiger partial charge >= 0.3 is 0 Å². The van der Waals surface area contributed by atoms with E-state index >= 15 is 0 Å². The summed E-state index contributed by atoms with van der Waals surface area (Å²) in [5, 5.41) is 10.9. The van der Waals surface area contributed by atoms with Gasteiger partial charge in [-0.25, -0.2) is 0 Å². The maximum atomic E-state index is 10.2. The minimum atomic E-state index is -0.386. The molecule has 1 aromatic carbocycles. The zero-order valence-electron chi connectivity index (χ0n) is 8.99. The van der Waals surface area contributed by atoms with Crippen molar-refractivity contribution in [2.75, 3.05) is 0 Å². The molecule has 1 aromatic rings. The van der Waals surface area contributed by atoms with Gasteiger partial charge in [-0.15, -0.1) is 0 Å². The standard InChI is InChI=1S/C13H17ClO/c1-9-6-7-10(8-9)13(15)11-4-2-3-5-12(11)14/h2-5,9-10,13,15H,6-8H2,1H3. The molecule has 15 heavy (non-hydrogen) atoms. The van der Waals surface area contributed by atoms with Crippen molar-refractivity contribution in [1.29, 1.82) is 0 Å². The zero-order valence-corrected chi connectivity index (χ0v) is 9.74. The van der Waals surface area contributed by atoms with E-state index in [0.717, 1.165) is 24.3 Å². The smallest absolute Gasteiger partial charge is 0.0832 e. The highest BCUT2D eigenvalue weighted by molar-refractivity contribution is 6.31. The van der Waals surface area contributed by atoms with Crippen LogP contribution in [0.5, 0.6) is 0 Å². The molecule has 1 N–H and O–H groups in total. The lowest BCUT2D eigenvalue weighted by Crippen LogP contribution is -2.09. The molecule has 0 heterocycles. The molecule has 1 aliphatic rings. The molecule has 0 amide bonds. The lowest BCUT2D eigenvalue weighted by molar-refractivity contribution is 0.110. The highest BCUT2D eigenvalue weighted by atomic mass is 35.5. The summed E-state index contributed by atoms with van der Waals surface area (Å²) in [7, 11) is 0. The topological polar surface area (TPSA) is 20.2 Å². The lowest BCUT2D eigenvalue weighted by Gasteiger charge is -2.19. The Labute approximate surface area is 96.1 Å². The second kappa shape index (κ2) is 4.54. The van der Waals surface area contributed by atoms with E-state index in [1.807, 2.05) is 24.3 Å². The number of halogens is 1. The van der Waals surface area contributed by atoms with Crippen LogP contribution in [0.3, 0.4) is 0 Å². The first-order valence-electron chi connectivity index (χ1n) is 5.61. The van der Waals surface area contributed by atoms with Crippen LogP contribution in [0, 0.1) is 11.8 Å². The van der Waals surface area contributed by atoms with Crippen molar-refractivity contribution in [2.45, 2.75) is 32.3 Å². The number of benzene rings is 1. The molecule has 2 rings (SSSR count). The Hall–Kier alpha value is -0.530. The van der Waals surface area contributed by atoms with Crippen molar-refractivity contribution < 1.29 is 5.11 Å². The Kier molecular flexibility index (Phi) is 3.32. The minimum Gasteiger partial charge on any atom is -0.388 e. The molecule has 1 saturated carbocycles. The Balaban J connectivity index is 2.14. The average Bonchev–Trinajstić information content (AvgIpc) is 2.65. The molecule has 1 nitrogen and oxygen atoms in total. The van der Waals surface area contributed by atoms with Gasteiger partial charge in [0.25, 0.3) is 0 Å². The molecular weight excluding hydrogens is 208 g/mol. The molecule has 1 fully saturated rings. The maximum Gasteiger partial charge on any atom is 0.0832 e. The van der Waals surface area contributed by atoms with Gasteiger partial charge in [0.1, 0.15) is 0 Å². The van der Waals surface area contributed by atoms with Gasteiger partial charge in [0, 0.05) is 5.02 Å². The van der Waals surface area contributed by atoms with E-state index < -0.39 is 0 Å². The van der Waals surface area contributed by atoms with Crippen molar-refractivity contribution in [1.82, 2.24) is 0 Å².